The Morgan fingerprint density at radius 1 is 1.12 bits per heavy atom. The van der Waals surface area contributed by atoms with Crippen molar-refractivity contribution in [1.29, 1.82) is 0 Å². The zero-order chi connectivity index (χ0) is 22.9. The lowest BCUT2D eigenvalue weighted by Crippen LogP contribution is -2.79. The zero-order valence-corrected chi connectivity index (χ0v) is 16.8. The number of hydrogen-bond acceptors (Lipinski definition) is 6. The zero-order valence-electron chi connectivity index (χ0n) is 16.8. The molecule has 2 aromatic heterocycles. The minimum absolute atomic E-state index is 0.127. The summed E-state index contributed by atoms with van der Waals surface area (Å²) in [6.07, 6.45) is 0.376. The van der Waals surface area contributed by atoms with Crippen LogP contribution in [-0.2, 0) is 5.54 Å². The molecule has 0 amide bonds. The Hall–Kier alpha value is -2.76. The molecule has 12 heteroatoms. The van der Waals surface area contributed by atoms with Gasteiger partial charge in [-0.05, 0) is 25.3 Å². The molecule has 0 atom stereocenters. The summed E-state index contributed by atoms with van der Waals surface area (Å²) in [4.78, 5) is 21.8. The first-order valence-corrected chi connectivity index (χ1v) is 10.1. The first-order valence-electron chi connectivity index (χ1n) is 10.1. The molecule has 3 saturated carbocycles. The van der Waals surface area contributed by atoms with E-state index in [0.29, 0.717) is 38.6 Å². The summed E-state index contributed by atoms with van der Waals surface area (Å²) < 4.78 is 70.5. The van der Waals surface area contributed by atoms with Crippen LogP contribution in [0.5, 0.6) is 5.75 Å². The van der Waals surface area contributed by atoms with E-state index in [1.165, 1.54) is 6.20 Å². The predicted molar refractivity (Wildman–Crippen MR) is 102 cm³/mol. The molecule has 2 N–H and O–H groups in total. The molecule has 3 aliphatic carbocycles. The molecule has 7 nitrogen and oxygen atoms in total. The second-order valence-corrected chi connectivity index (χ2v) is 8.95. The highest BCUT2D eigenvalue weighted by Crippen LogP contribution is 2.68. The summed E-state index contributed by atoms with van der Waals surface area (Å²) in [6.45, 7) is 0.690. The Kier molecular flexibility index (Phi) is 4.37. The SMILES string of the molecule is Nc1ncc(-c2cn(C34CC(N5CCC(F)(F)CC5)(C3)C4)c(C=O)n2)cc1OC(F)(F)F. The van der Waals surface area contributed by atoms with Crippen LogP contribution in [0.1, 0.15) is 42.7 Å². The second kappa shape index (κ2) is 6.63. The fraction of sp³-hybridized carbons (Fsp3) is 0.550. The van der Waals surface area contributed by atoms with Crippen molar-refractivity contribution in [1.82, 2.24) is 19.4 Å². The van der Waals surface area contributed by atoms with Crippen molar-refractivity contribution in [2.24, 2.45) is 0 Å². The van der Waals surface area contributed by atoms with E-state index in [9.17, 15) is 26.7 Å². The van der Waals surface area contributed by atoms with Crippen molar-refractivity contribution in [3.8, 4) is 17.0 Å². The normalized spacial score (nSPS) is 29.2. The number of nitrogen functional groups attached to an aromatic ring is 1. The number of hydrogen-bond donors (Lipinski definition) is 1. The molecule has 4 aliphatic rings. The number of nitrogens with zero attached hydrogens (tertiary/aromatic N) is 4. The van der Waals surface area contributed by atoms with Crippen molar-refractivity contribution in [2.75, 3.05) is 18.8 Å². The topological polar surface area (TPSA) is 86.3 Å². The minimum Gasteiger partial charge on any atom is -0.402 e. The van der Waals surface area contributed by atoms with Gasteiger partial charge in [0.25, 0.3) is 5.92 Å². The van der Waals surface area contributed by atoms with Crippen molar-refractivity contribution < 1.29 is 31.5 Å². The van der Waals surface area contributed by atoms with Crippen molar-refractivity contribution >= 4 is 12.1 Å². The fourth-order valence-corrected chi connectivity index (χ4v) is 5.38. The number of rotatable bonds is 5. The molecule has 0 unspecified atom stereocenters. The summed E-state index contributed by atoms with van der Waals surface area (Å²) >= 11 is 0. The highest BCUT2D eigenvalue weighted by molar-refractivity contribution is 5.73. The molecule has 2 bridgehead atoms. The summed E-state index contributed by atoms with van der Waals surface area (Å²) in [6, 6.07) is 1.08. The Labute approximate surface area is 179 Å². The van der Waals surface area contributed by atoms with Gasteiger partial charge in [-0.25, -0.2) is 18.7 Å². The van der Waals surface area contributed by atoms with Crippen LogP contribution in [0.15, 0.2) is 18.5 Å². The smallest absolute Gasteiger partial charge is 0.402 e. The third-order valence-corrected chi connectivity index (χ3v) is 6.89. The van der Waals surface area contributed by atoms with Gasteiger partial charge in [-0.15, -0.1) is 13.2 Å². The maximum atomic E-state index is 13.5. The molecule has 32 heavy (non-hydrogen) atoms. The van der Waals surface area contributed by atoms with Crippen LogP contribution in [0.25, 0.3) is 11.3 Å². The van der Waals surface area contributed by atoms with Crippen LogP contribution in [0, 0.1) is 0 Å². The van der Waals surface area contributed by atoms with Crippen molar-refractivity contribution in [3.63, 3.8) is 0 Å². The van der Waals surface area contributed by atoms with E-state index in [1.807, 2.05) is 0 Å². The number of likely N-dealkylation sites (tertiary alicyclic amines) is 1. The van der Waals surface area contributed by atoms with E-state index in [1.54, 1.807) is 10.8 Å². The quantitative estimate of drug-likeness (QED) is 0.546. The maximum absolute atomic E-state index is 13.5. The van der Waals surface area contributed by atoms with E-state index < -0.39 is 23.9 Å². The number of piperidine rings is 1. The number of carbonyl (C=O) groups is 1. The van der Waals surface area contributed by atoms with E-state index in [4.69, 9.17) is 5.73 Å². The van der Waals surface area contributed by atoms with Crippen molar-refractivity contribution in [2.45, 2.75) is 55.5 Å². The number of anilines is 1. The molecule has 0 spiro atoms. The molecule has 1 saturated heterocycles. The first-order chi connectivity index (χ1) is 14.9. The van der Waals surface area contributed by atoms with Gasteiger partial charge in [0.1, 0.15) is 0 Å². The molecular formula is C20H20F5N5O2. The van der Waals surface area contributed by atoms with Crippen LogP contribution < -0.4 is 10.5 Å². The van der Waals surface area contributed by atoms with Crippen LogP contribution in [0.2, 0.25) is 0 Å². The van der Waals surface area contributed by atoms with Gasteiger partial charge in [0.2, 0.25) is 0 Å². The number of imidazole rings is 1. The summed E-state index contributed by atoms with van der Waals surface area (Å²) in [7, 11) is 0. The average Bonchev–Trinajstić information content (AvgIpc) is 3.06. The van der Waals surface area contributed by atoms with E-state index in [2.05, 4.69) is 19.6 Å². The standard InChI is InChI=1S/C20H20F5N5O2/c21-19(22)1-3-29(4-2-19)17-9-18(10-17,11-17)30-7-13(28-15(30)8-31)12-5-14(16(26)27-6-12)32-20(23,24)25/h5-8H,1-4,9-11H2,(H2,26,27). The number of aromatic nitrogens is 3. The van der Waals surface area contributed by atoms with Gasteiger partial charge in [0, 0.05) is 49.4 Å². The van der Waals surface area contributed by atoms with Crippen LogP contribution >= 0.6 is 0 Å². The van der Waals surface area contributed by atoms with Gasteiger partial charge in [0.05, 0.1) is 11.2 Å². The van der Waals surface area contributed by atoms with Gasteiger partial charge in [-0.2, -0.15) is 0 Å². The number of halogens is 5. The summed E-state index contributed by atoms with van der Waals surface area (Å²) in [5.74, 6) is -3.53. The number of nitrogens with two attached hydrogens (primary N) is 1. The molecule has 0 aromatic carbocycles. The highest BCUT2D eigenvalue weighted by atomic mass is 19.4. The van der Waals surface area contributed by atoms with Crippen molar-refractivity contribution in [3.05, 3.63) is 24.3 Å². The highest BCUT2D eigenvalue weighted by Gasteiger charge is 2.71. The number of ether oxygens (including phenoxy) is 1. The average molecular weight is 457 g/mol. The molecule has 3 heterocycles. The fourth-order valence-electron chi connectivity index (χ4n) is 5.38. The third kappa shape index (κ3) is 3.31. The summed E-state index contributed by atoms with van der Waals surface area (Å²) in [5, 5.41) is 0. The van der Waals surface area contributed by atoms with Gasteiger partial charge in [-0.1, -0.05) is 0 Å². The van der Waals surface area contributed by atoms with Gasteiger partial charge in [0.15, 0.2) is 23.7 Å². The lowest BCUT2D eigenvalue weighted by atomic mass is 9.43. The minimum atomic E-state index is -4.93. The molecular weight excluding hydrogens is 437 g/mol. The van der Waals surface area contributed by atoms with Gasteiger partial charge < -0.3 is 15.0 Å². The number of pyridine rings is 1. The number of carbonyl (C=O) groups excluding carboxylic acids is 1. The molecule has 4 fully saturated rings. The molecule has 0 radical (unpaired) electrons. The Morgan fingerprint density at radius 3 is 2.38 bits per heavy atom. The number of alkyl halides is 5. The largest absolute Gasteiger partial charge is 0.573 e. The maximum Gasteiger partial charge on any atom is 0.573 e. The van der Waals surface area contributed by atoms with Gasteiger partial charge in [-0.3, -0.25) is 9.69 Å². The molecule has 2 aromatic rings. The lowest BCUT2D eigenvalue weighted by Gasteiger charge is -2.74. The van der Waals surface area contributed by atoms with E-state index >= 15 is 0 Å². The monoisotopic (exact) mass is 457 g/mol. The Morgan fingerprint density at radius 2 is 1.78 bits per heavy atom. The van der Waals surface area contributed by atoms with Crippen LogP contribution in [0.4, 0.5) is 27.8 Å². The molecule has 172 valence electrons. The molecule has 6 rings (SSSR count). The Bertz CT molecular complexity index is 1050. The molecule has 1 aliphatic heterocycles. The van der Waals surface area contributed by atoms with Crippen LogP contribution in [0.3, 0.4) is 0 Å². The van der Waals surface area contributed by atoms with Gasteiger partial charge >= 0.3 is 6.36 Å². The van der Waals surface area contributed by atoms with E-state index in [0.717, 1.165) is 6.07 Å². The third-order valence-electron chi connectivity index (χ3n) is 6.89. The lowest BCUT2D eigenvalue weighted by molar-refractivity contribution is -0.274. The Balaban J connectivity index is 1.36. The van der Waals surface area contributed by atoms with E-state index in [-0.39, 0.29) is 41.0 Å². The first kappa shape index (κ1) is 21.1. The number of aldehydes is 1. The second-order valence-electron chi connectivity index (χ2n) is 8.95. The predicted octanol–water partition coefficient (Wildman–Crippen LogP) is 3.60. The van der Waals surface area contributed by atoms with Crippen LogP contribution in [-0.4, -0.2) is 56.6 Å². The summed E-state index contributed by atoms with van der Waals surface area (Å²) in [5.41, 5.74) is 5.50.